The monoisotopic (exact) mass is 324 g/mol. The van der Waals surface area contributed by atoms with Crippen LogP contribution in [0.15, 0.2) is 0 Å². The van der Waals surface area contributed by atoms with Crippen LogP contribution in [-0.2, 0) is 17.8 Å². The maximum absolute atomic E-state index is 12.4. The molecule has 1 heterocycles. The summed E-state index contributed by atoms with van der Waals surface area (Å²) in [5.74, 6) is 1.58. The lowest BCUT2D eigenvalue weighted by atomic mass is 9.97. The SMILES string of the molecule is CCCC[C@H]1CCC[C@@H]1NC(=O)Cn1c(CCC)n[nH]c1=S. The van der Waals surface area contributed by atoms with Crippen LogP contribution in [0.2, 0.25) is 0 Å². The van der Waals surface area contributed by atoms with Gasteiger partial charge in [0.05, 0.1) is 0 Å². The van der Waals surface area contributed by atoms with Gasteiger partial charge in [0.1, 0.15) is 12.4 Å². The standard InChI is InChI=1S/C16H28N4OS/c1-3-5-8-12-9-6-10-13(12)17-15(21)11-20-14(7-4-2)18-19-16(20)22/h12-13H,3-11H2,1-2H3,(H,17,21)(H,19,22)/t12-,13-/m0/s1. The minimum atomic E-state index is 0.0586. The Kier molecular flexibility index (Phi) is 6.61. The summed E-state index contributed by atoms with van der Waals surface area (Å²) in [6, 6.07) is 0.342. The first-order valence-corrected chi connectivity index (χ1v) is 9.00. The second-order valence-electron chi connectivity index (χ2n) is 6.29. The van der Waals surface area contributed by atoms with E-state index in [-0.39, 0.29) is 12.5 Å². The highest BCUT2D eigenvalue weighted by molar-refractivity contribution is 7.71. The zero-order valence-corrected chi connectivity index (χ0v) is 14.5. The minimum absolute atomic E-state index is 0.0586. The van der Waals surface area contributed by atoms with Crippen LogP contribution in [0.4, 0.5) is 0 Å². The summed E-state index contributed by atoms with van der Waals surface area (Å²) in [6.07, 6.45) is 9.12. The number of hydrogen-bond donors (Lipinski definition) is 2. The zero-order valence-electron chi connectivity index (χ0n) is 13.7. The molecular formula is C16H28N4OS. The van der Waals surface area contributed by atoms with Crippen molar-refractivity contribution >= 4 is 18.1 Å². The van der Waals surface area contributed by atoms with Crippen LogP contribution in [0.5, 0.6) is 0 Å². The Morgan fingerprint density at radius 2 is 2.23 bits per heavy atom. The molecule has 0 aromatic carbocycles. The Hall–Kier alpha value is -1.17. The fourth-order valence-corrected chi connectivity index (χ4v) is 3.58. The fourth-order valence-electron chi connectivity index (χ4n) is 3.36. The third kappa shape index (κ3) is 4.41. The van der Waals surface area contributed by atoms with Crippen molar-refractivity contribution in [3.05, 3.63) is 10.6 Å². The van der Waals surface area contributed by atoms with Crippen LogP contribution in [-0.4, -0.2) is 26.7 Å². The second-order valence-corrected chi connectivity index (χ2v) is 6.68. The van der Waals surface area contributed by atoms with Crippen molar-refractivity contribution in [2.45, 2.75) is 77.8 Å². The molecule has 1 aliphatic rings. The number of nitrogens with zero attached hydrogens (tertiary/aromatic N) is 2. The molecule has 1 fully saturated rings. The summed E-state index contributed by atoms with van der Waals surface area (Å²) < 4.78 is 2.36. The Morgan fingerprint density at radius 3 is 2.95 bits per heavy atom. The van der Waals surface area contributed by atoms with E-state index in [4.69, 9.17) is 12.2 Å². The number of hydrogen-bond acceptors (Lipinski definition) is 3. The maximum atomic E-state index is 12.4. The van der Waals surface area contributed by atoms with E-state index in [2.05, 4.69) is 29.4 Å². The van der Waals surface area contributed by atoms with Gasteiger partial charge in [-0.05, 0) is 43.8 Å². The number of aromatic amines is 1. The summed E-state index contributed by atoms with van der Waals surface area (Å²) >= 11 is 5.23. The van der Waals surface area contributed by atoms with Crippen molar-refractivity contribution in [1.29, 1.82) is 0 Å². The van der Waals surface area contributed by atoms with Gasteiger partial charge in [-0.25, -0.2) is 0 Å². The van der Waals surface area contributed by atoms with E-state index in [0.29, 0.717) is 16.7 Å². The smallest absolute Gasteiger partial charge is 0.240 e. The summed E-state index contributed by atoms with van der Waals surface area (Å²) in [7, 11) is 0. The van der Waals surface area contributed by atoms with Crippen molar-refractivity contribution in [1.82, 2.24) is 20.1 Å². The van der Waals surface area contributed by atoms with E-state index >= 15 is 0 Å². The highest BCUT2D eigenvalue weighted by Crippen LogP contribution is 2.29. The van der Waals surface area contributed by atoms with Crippen LogP contribution in [0, 0.1) is 10.7 Å². The number of carbonyl (C=O) groups is 1. The molecule has 1 aromatic heterocycles. The molecule has 22 heavy (non-hydrogen) atoms. The first kappa shape index (κ1) is 17.2. The maximum Gasteiger partial charge on any atom is 0.240 e. The van der Waals surface area contributed by atoms with Gasteiger partial charge in [-0.1, -0.05) is 33.1 Å². The lowest BCUT2D eigenvalue weighted by Gasteiger charge is -2.21. The molecule has 0 saturated heterocycles. The average molecular weight is 324 g/mol. The average Bonchev–Trinajstić information content (AvgIpc) is 3.06. The molecule has 1 amide bonds. The molecule has 1 aliphatic carbocycles. The quantitative estimate of drug-likeness (QED) is 0.721. The van der Waals surface area contributed by atoms with Crippen LogP contribution in [0.1, 0.15) is 64.6 Å². The van der Waals surface area contributed by atoms with Gasteiger partial charge in [-0.2, -0.15) is 5.10 Å². The molecule has 6 heteroatoms. The topological polar surface area (TPSA) is 62.7 Å². The van der Waals surface area contributed by atoms with Crippen molar-refractivity contribution < 1.29 is 4.79 Å². The number of carbonyl (C=O) groups excluding carboxylic acids is 1. The first-order valence-electron chi connectivity index (χ1n) is 8.59. The minimum Gasteiger partial charge on any atom is -0.352 e. The Bertz CT molecular complexity index is 536. The molecule has 2 atom stereocenters. The lowest BCUT2D eigenvalue weighted by molar-refractivity contribution is -0.122. The molecule has 124 valence electrons. The summed E-state index contributed by atoms with van der Waals surface area (Å²) in [6.45, 7) is 4.60. The van der Waals surface area contributed by atoms with Gasteiger partial charge in [-0.15, -0.1) is 0 Å². The lowest BCUT2D eigenvalue weighted by Crippen LogP contribution is -2.39. The van der Waals surface area contributed by atoms with Crippen molar-refractivity contribution in [2.75, 3.05) is 0 Å². The number of amides is 1. The first-order chi connectivity index (χ1) is 10.7. The van der Waals surface area contributed by atoms with E-state index < -0.39 is 0 Å². The van der Waals surface area contributed by atoms with Crippen LogP contribution >= 0.6 is 12.2 Å². The van der Waals surface area contributed by atoms with Crippen molar-refractivity contribution in [2.24, 2.45) is 5.92 Å². The van der Waals surface area contributed by atoms with Crippen molar-refractivity contribution in [3.63, 3.8) is 0 Å². The summed E-state index contributed by atoms with van der Waals surface area (Å²) in [5, 5.41) is 10.2. The zero-order chi connectivity index (χ0) is 15.9. The predicted molar refractivity (Wildman–Crippen MR) is 90.2 cm³/mol. The molecule has 0 radical (unpaired) electrons. The van der Waals surface area contributed by atoms with E-state index in [0.717, 1.165) is 25.1 Å². The molecule has 0 bridgehead atoms. The van der Waals surface area contributed by atoms with Gasteiger partial charge in [0, 0.05) is 12.5 Å². The number of aryl methyl sites for hydroxylation is 1. The number of unbranched alkanes of at least 4 members (excludes halogenated alkanes) is 1. The predicted octanol–water partition coefficient (Wildman–Crippen LogP) is 3.37. The third-order valence-electron chi connectivity index (χ3n) is 4.55. The molecule has 1 saturated carbocycles. The molecule has 0 aliphatic heterocycles. The van der Waals surface area contributed by atoms with E-state index in [9.17, 15) is 4.79 Å². The molecule has 0 spiro atoms. The van der Waals surface area contributed by atoms with Crippen LogP contribution in [0.25, 0.3) is 0 Å². The second kappa shape index (κ2) is 8.46. The number of nitrogens with one attached hydrogen (secondary N) is 2. The van der Waals surface area contributed by atoms with Gasteiger partial charge in [0.25, 0.3) is 0 Å². The highest BCUT2D eigenvalue weighted by Gasteiger charge is 2.28. The number of rotatable bonds is 8. The van der Waals surface area contributed by atoms with E-state index in [1.165, 1.54) is 32.1 Å². The molecular weight excluding hydrogens is 296 g/mol. The Balaban J connectivity index is 1.92. The van der Waals surface area contributed by atoms with Gasteiger partial charge in [0.2, 0.25) is 5.91 Å². The number of H-pyrrole nitrogens is 1. The molecule has 1 aromatic rings. The third-order valence-corrected chi connectivity index (χ3v) is 4.86. The van der Waals surface area contributed by atoms with Gasteiger partial charge < -0.3 is 5.32 Å². The van der Waals surface area contributed by atoms with Crippen LogP contribution < -0.4 is 5.32 Å². The normalized spacial score (nSPS) is 21.2. The van der Waals surface area contributed by atoms with Gasteiger partial charge in [0.15, 0.2) is 4.77 Å². The molecule has 2 N–H and O–H groups in total. The fraction of sp³-hybridized carbons (Fsp3) is 0.812. The molecule has 0 unspecified atom stereocenters. The Morgan fingerprint density at radius 1 is 1.41 bits per heavy atom. The van der Waals surface area contributed by atoms with E-state index in [1.807, 2.05) is 4.57 Å². The van der Waals surface area contributed by atoms with Crippen LogP contribution in [0.3, 0.4) is 0 Å². The largest absolute Gasteiger partial charge is 0.352 e. The van der Waals surface area contributed by atoms with Crippen molar-refractivity contribution in [3.8, 4) is 0 Å². The summed E-state index contributed by atoms with van der Waals surface area (Å²) in [5.41, 5.74) is 0. The molecule has 5 nitrogen and oxygen atoms in total. The van der Waals surface area contributed by atoms with Gasteiger partial charge in [-0.3, -0.25) is 14.5 Å². The van der Waals surface area contributed by atoms with E-state index in [1.54, 1.807) is 0 Å². The van der Waals surface area contributed by atoms with Gasteiger partial charge >= 0.3 is 0 Å². The summed E-state index contributed by atoms with van der Waals surface area (Å²) in [4.78, 5) is 12.4. The molecule has 2 rings (SSSR count). The highest BCUT2D eigenvalue weighted by atomic mass is 32.1. The number of aromatic nitrogens is 3. The Labute approximate surface area is 137 Å².